The lowest BCUT2D eigenvalue weighted by molar-refractivity contribution is 0.0499. The summed E-state index contributed by atoms with van der Waals surface area (Å²) in [4.78, 5) is 32.1. The largest absolute Gasteiger partial charge is 0.444 e. The number of alkyl halides is 2. The van der Waals surface area contributed by atoms with Crippen LogP contribution in [0.2, 0.25) is 0 Å². The highest BCUT2D eigenvalue weighted by Crippen LogP contribution is 2.31. The molecular weight excluding hydrogens is 488 g/mol. The van der Waals surface area contributed by atoms with Crippen LogP contribution in [0.25, 0.3) is 10.2 Å². The molecule has 1 N–H and O–H groups in total. The van der Waals surface area contributed by atoms with Crippen molar-refractivity contribution in [2.24, 2.45) is 0 Å². The van der Waals surface area contributed by atoms with Crippen LogP contribution in [-0.2, 0) is 11.3 Å². The van der Waals surface area contributed by atoms with Gasteiger partial charge in [-0.05, 0) is 51.3 Å². The molecule has 1 saturated heterocycles. The number of halogens is 2. The molecule has 8 nitrogen and oxygen atoms in total. The van der Waals surface area contributed by atoms with E-state index in [1.54, 1.807) is 45.0 Å². The van der Waals surface area contributed by atoms with Crippen LogP contribution in [0.4, 0.5) is 19.5 Å². The topological polar surface area (TPSA) is 100 Å². The number of nitriles is 1. The molecule has 11 heteroatoms. The number of piperidine rings is 1. The monoisotopic (exact) mass is 515 g/mol. The Morgan fingerprint density at radius 1 is 1.36 bits per heavy atom. The van der Waals surface area contributed by atoms with Crippen LogP contribution in [-0.4, -0.2) is 40.4 Å². The van der Waals surface area contributed by atoms with Gasteiger partial charge in [0, 0.05) is 19.1 Å². The van der Waals surface area contributed by atoms with Gasteiger partial charge in [0.15, 0.2) is 0 Å². The molecule has 1 aliphatic rings. The van der Waals surface area contributed by atoms with Gasteiger partial charge in [-0.2, -0.15) is 5.26 Å². The smallest absolute Gasteiger partial charge is 0.407 e. The Morgan fingerprint density at radius 3 is 2.81 bits per heavy atom. The van der Waals surface area contributed by atoms with Crippen molar-refractivity contribution in [2.75, 3.05) is 18.0 Å². The second kappa shape index (κ2) is 10.2. The summed E-state index contributed by atoms with van der Waals surface area (Å²) in [5, 5.41) is 12.4. The number of anilines is 1. The molecule has 1 atom stereocenters. The average Bonchev–Trinajstić information content (AvgIpc) is 3.25. The SMILES string of the molecule is CC(C)(C)OC(=O)NC1CCCN(c2nc3cc(C(F)F)sc3c(=O)n2Cc2ccccc2C#N)C1. The molecule has 1 aromatic carbocycles. The molecule has 1 unspecified atom stereocenters. The maximum Gasteiger partial charge on any atom is 0.407 e. The van der Waals surface area contributed by atoms with Crippen molar-refractivity contribution in [1.82, 2.24) is 14.9 Å². The second-order valence-corrected chi connectivity index (χ2v) is 10.8. The summed E-state index contributed by atoms with van der Waals surface area (Å²) in [5.74, 6) is 0.314. The van der Waals surface area contributed by atoms with Gasteiger partial charge in [-0.15, -0.1) is 11.3 Å². The highest BCUT2D eigenvalue weighted by molar-refractivity contribution is 7.19. The molecule has 1 fully saturated rings. The molecule has 0 radical (unpaired) electrons. The zero-order chi connectivity index (χ0) is 26.0. The van der Waals surface area contributed by atoms with E-state index in [1.165, 1.54) is 10.6 Å². The van der Waals surface area contributed by atoms with Crippen LogP contribution >= 0.6 is 11.3 Å². The van der Waals surface area contributed by atoms with Crippen LogP contribution in [0.5, 0.6) is 0 Å². The van der Waals surface area contributed by atoms with Crippen molar-refractivity contribution < 1.29 is 18.3 Å². The summed E-state index contributed by atoms with van der Waals surface area (Å²) in [6.45, 7) is 6.34. The molecule has 0 saturated carbocycles. The molecule has 1 amide bonds. The maximum atomic E-state index is 13.5. The Labute approximate surface area is 211 Å². The molecule has 3 heterocycles. The fourth-order valence-corrected chi connectivity index (χ4v) is 5.10. The number of ether oxygens (including phenoxy) is 1. The van der Waals surface area contributed by atoms with Crippen molar-refractivity contribution in [1.29, 1.82) is 5.26 Å². The number of aromatic nitrogens is 2. The Balaban J connectivity index is 1.73. The molecule has 3 aromatic rings. The van der Waals surface area contributed by atoms with E-state index in [9.17, 15) is 23.6 Å². The van der Waals surface area contributed by atoms with E-state index in [0.29, 0.717) is 36.6 Å². The fourth-order valence-electron chi connectivity index (χ4n) is 4.20. The lowest BCUT2D eigenvalue weighted by atomic mass is 10.1. The number of carbonyl (C=O) groups excluding carboxylic acids is 1. The number of rotatable bonds is 5. The maximum absolute atomic E-state index is 13.5. The number of benzene rings is 1. The number of nitrogens with zero attached hydrogens (tertiary/aromatic N) is 4. The van der Waals surface area contributed by atoms with Crippen molar-refractivity contribution in [3.8, 4) is 6.07 Å². The molecule has 2 aromatic heterocycles. The van der Waals surface area contributed by atoms with Crippen molar-refractivity contribution >= 4 is 33.6 Å². The number of thiophene rings is 1. The number of hydrogen-bond donors (Lipinski definition) is 1. The first-order chi connectivity index (χ1) is 17.1. The van der Waals surface area contributed by atoms with Gasteiger partial charge >= 0.3 is 6.09 Å². The zero-order valence-electron chi connectivity index (χ0n) is 20.3. The molecule has 0 bridgehead atoms. The van der Waals surface area contributed by atoms with E-state index < -0.39 is 23.7 Å². The van der Waals surface area contributed by atoms with E-state index in [-0.39, 0.29) is 27.7 Å². The van der Waals surface area contributed by atoms with Gasteiger partial charge in [-0.3, -0.25) is 9.36 Å². The highest BCUT2D eigenvalue weighted by atomic mass is 32.1. The first kappa shape index (κ1) is 25.6. The predicted molar refractivity (Wildman–Crippen MR) is 134 cm³/mol. The standard InChI is InChI=1S/C25H27F2N5O3S/c1-25(2,3)35-24(34)29-17-9-6-10-31(14-17)23-30-18-11-19(21(26)27)36-20(18)22(33)32(23)13-16-8-5-4-7-15(16)12-28/h4-5,7-8,11,17,21H,6,9-10,13-14H2,1-3H3,(H,29,34). The number of amides is 1. The van der Waals surface area contributed by atoms with Gasteiger partial charge in [0.25, 0.3) is 12.0 Å². The van der Waals surface area contributed by atoms with Crippen LogP contribution in [0.1, 0.15) is 56.0 Å². The predicted octanol–water partition coefficient (Wildman–Crippen LogP) is 4.81. The van der Waals surface area contributed by atoms with E-state index in [0.717, 1.165) is 17.8 Å². The van der Waals surface area contributed by atoms with E-state index in [1.807, 2.05) is 4.90 Å². The summed E-state index contributed by atoms with van der Waals surface area (Å²) < 4.78 is 33.8. The summed E-state index contributed by atoms with van der Waals surface area (Å²) in [7, 11) is 0. The Morgan fingerprint density at radius 2 is 2.11 bits per heavy atom. The van der Waals surface area contributed by atoms with E-state index in [2.05, 4.69) is 16.4 Å². The number of hydrogen-bond acceptors (Lipinski definition) is 7. The molecule has 0 aliphatic carbocycles. The van der Waals surface area contributed by atoms with Crippen LogP contribution in [0.15, 0.2) is 35.1 Å². The lowest BCUT2D eigenvalue weighted by Gasteiger charge is -2.35. The molecular formula is C25H27F2N5O3S. The molecule has 0 spiro atoms. The van der Waals surface area contributed by atoms with Crippen molar-refractivity contribution in [3.63, 3.8) is 0 Å². The molecule has 36 heavy (non-hydrogen) atoms. The first-order valence-corrected chi connectivity index (χ1v) is 12.4. The first-order valence-electron chi connectivity index (χ1n) is 11.6. The number of carbonyl (C=O) groups is 1. The van der Waals surface area contributed by atoms with Crippen molar-refractivity contribution in [2.45, 2.75) is 58.2 Å². The highest BCUT2D eigenvalue weighted by Gasteiger charge is 2.28. The van der Waals surface area contributed by atoms with Gasteiger partial charge in [-0.25, -0.2) is 18.6 Å². The molecule has 190 valence electrons. The van der Waals surface area contributed by atoms with Gasteiger partial charge in [0.05, 0.1) is 28.6 Å². The summed E-state index contributed by atoms with van der Waals surface area (Å²) in [6.07, 6.45) is -1.81. The number of alkyl carbamates (subject to hydrolysis) is 1. The summed E-state index contributed by atoms with van der Waals surface area (Å²) >= 11 is 0.733. The Bertz CT molecular complexity index is 1370. The molecule has 4 rings (SSSR count). The van der Waals surface area contributed by atoms with Gasteiger partial charge in [0.2, 0.25) is 5.95 Å². The quantitative estimate of drug-likeness (QED) is 0.524. The Kier molecular flexibility index (Phi) is 7.26. The van der Waals surface area contributed by atoms with Gasteiger partial charge < -0.3 is 15.0 Å². The van der Waals surface area contributed by atoms with Crippen molar-refractivity contribution in [3.05, 3.63) is 56.7 Å². The molecule has 1 aliphatic heterocycles. The normalized spacial score (nSPS) is 16.2. The fraction of sp³-hybridized carbons (Fsp3) is 0.440. The minimum Gasteiger partial charge on any atom is -0.444 e. The van der Waals surface area contributed by atoms with Gasteiger partial charge in [-0.1, -0.05) is 18.2 Å². The lowest BCUT2D eigenvalue weighted by Crippen LogP contribution is -2.50. The van der Waals surface area contributed by atoms with Crippen LogP contribution < -0.4 is 15.8 Å². The number of fused-ring (bicyclic) bond motifs is 1. The van der Waals surface area contributed by atoms with E-state index in [4.69, 9.17) is 4.74 Å². The Hall–Kier alpha value is -3.52. The number of nitrogens with one attached hydrogen (secondary N) is 1. The zero-order valence-corrected chi connectivity index (χ0v) is 21.1. The third-order valence-electron chi connectivity index (χ3n) is 5.74. The third kappa shape index (κ3) is 5.65. The minimum atomic E-state index is -2.71. The van der Waals surface area contributed by atoms with Crippen LogP contribution in [0.3, 0.4) is 0 Å². The summed E-state index contributed by atoms with van der Waals surface area (Å²) in [6, 6.07) is 10.1. The second-order valence-electron chi connectivity index (χ2n) is 9.67. The minimum absolute atomic E-state index is 0.0589. The van der Waals surface area contributed by atoms with E-state index >= 15 is 0 Å². The van der Waals surface area contributed by atoms with Crippen LogP contribution in [0, 0.1) is 11.3 Å². The average molecular weight is 516 g/mol. The summed E-state index contributed by atoms with van der Waals surface area (Å²) in [5.41, 5.74) is 0.166. The third-order valence-corrected chi connectivity index (χ3v) is 6.86. The van der Waals surface area contributed by atoms with Gasteiger partial charge in [0.1, 0.15) is 10.3 Å².